The van der Waals surface area contributed by atoms with Gasteiger partial charge in [0.15, 0.2) is 0 Å². The van der Waals surface area contributed by atoms with Crippen molar-refractivity contribution in [2.75, 3.05) is 20.1 Å². The van der Waals surface area contributed by atoms with Gasteiger partial charge in [0.1, 0.15) is 0 Å². The topological polar surface area (TPSA) is 24.1 Å². The van der Waals surface area contributed by atoms with Crippen molar-refractivity contribution in [3.63, 3.8) is 0 Å². The second kappa shape index (κ2) is 6.20. The summed E-state index contributed by atoms with van der Waals surface area (Å²) < 4.78 is 0. The number of benzene rings is 1. The van der Waals surface area contributed by atoms with E-state index in [0.29, 0.717) is 0 Å². The maximum atomic E-state index is 5.27. The summed E-state index contributed by atoms with van der Waals surface area (Å²) in [6, 6.07) is 8.05. The molecular weight excluding hydrogens is 172 g/mol. The minimum atomic E-state index is 0.895. The van der Waals surface area contributed by atoms with E-state index in [2.05, 4.69) is 28.7 Å². The molecule has 0 amide bonds. The average Bonchev–Trinajstić information content (AvgIpc) is 2.25. The van der Waals surface area contributed by atoms with Crippen molar-refractivity contribution in [1.82, 2.24) is 10.6 Å². The van der Waals surface area contributed by atoms with E-state index in [1.165, 1.54) is 5.56 Å². The van der Waals surface area contributed by atoms with Crippen molar-refractivity contribution < 1.29 is 0 Å². The molecule has 2 N–H and O–H groups in total. The van der Waals surface area contributed by atoms with Gasteiger partial charge in [0.2, 0.25) is 0 Å². The molecule has 2 heteroatoms. The van der Waals surface area contributed by atoms with Crippen LogP contribution < -0.4 is 10.6 Å². The van der Waals surface area contributed by atoms with Crippen LogP contribution in [0.1, 0.15) is 11.1 Å². The molecule has 0 radical (unpaired) electrons. The average molecular weight is 188 g/mol. The Bertz CT molecular complexity index is 295. The molecule has 0 aliphatic heterocycles. The van der Waals surface area contributed by atoms with Crippen molar-refractivity contribution in [2.24, 2.45) is 0 Å². The van der Waals surface area contributed by atoms with Crippen LogP contribution in [0.2, 0.25) is 0 Å². The minimum absolute atomic E-state index is 0.895. The van der Waals surface area contributed by atoms with Crippen LogP contribution in [-0.2, 0) is 6.54 Å². The van der Waals surface area contributed by atoms with Gasteiger partial charge in [-0.3, -0.25) is 0 Å². The van der Waals surface area contributed by atoms with E-state index >= 15 is 0 Å². The first-order valence-electron chi connectivity index (χ1n) is 4.77. The third kappa shape index (κ3) is 3.61. The Morgan fingerprint density at radius 1 is 1.21 bits per heavy atom. The maximum Gasteiger partial charge on any atom is 0.0242 e. The second-order valence-electron chi connectivity index (χ2n) is 3.12. The standard InChI is InChI=1S/C12H16N2/c1-3-11-4-6-12(7-5-11)10-14-9-8-13-2/h1,4-7,13-14H,8-10H2,2H3. The summed E-state index contributed by atoms with van der Waals surface area (Å²) >= 11 is 0. The molecular formula is C12H16N2. The maximum absolute atomic E-state index is 5.27. The van der Waals surface area contributed by atoms with Gasteiger partial charge in [-0.25, -0.2) is 0 Å². The number of terminal acetylenes is 1. The number of rotatable bonds is 5. The normalized spacial score (nSPS) is 9.71. The van der Waals surface area contributed by atoms with Crippen LogP contribution in [-0.4, -0.2) is 20.1 Å². The van der Waals surface area contributed by atoms with Crippen LogP contribution >= 0.6 is 0 Å². The van der Waals surface area contributed by atoms with Gasteiger partial charge < -0.3 is 10.6 Å². The lowest BCUT2D eigenvalue weighted by Gasteiger charge is -2.04. The lowest BCUT2D eigenvalue weighted by atomic mass is 10.1. The number of nitrogens with one attached hydrogen (secondary N) is 2. The largest absolute Gasteiger partial charge is 0.318 e. The zero-order chi connectivity index (χ0) is 10.2. The van der Waals surface area contributed by atoms with Crippen molar-refractivity contribution in [2.45, 2.75) is 6.54 Å². The molecule has 2 nitrogen and oxygen atoms in total. The lowest BCUT2D eigenvalue weighted by Crippen LogP contribution is -2.24. The third-order valence-corrected chi connectivity index (χ3v) is 2.00. The summed E-state index contributed by atoms with van der Waals surface area (Å²) in [7, 11) is 1.95. The molecule has 1 rings (SSSR count). The Kier molecular flexibility index (Phi) is 4.77. The van der Waals surface area contributed by atoms with E-state index in [4.69, 9.17) is 6.42 Å². The molecule has 14 heavy (non-hydrogen) atoms. The van der Waals surface area contributed by atoms with Gasteiger partial charge in [-0.15, -0.1) is 6.42 Å². The molecule has 74 valence electrons. The molecule has 0 saturated heterocycles. The van der Waals surface area contributed by atoms with E-state index in [-0.39, 0.29) is 0 Å². The van der Waals surface area contributed by atoms with Gasteiger partial charge in [-0.05, 0) is 24.7 Å². The molecule has 0 aliphatic carbocycles. The molecule has 0 bridgehead atoms. The monoisotopic (exact) mass is 188 g/mol. The zero-order valence-electron chi connectivity index (χ0n) is 8.51. The number of hydrogen-bond donors (Lipinski definition) is 2. The fourth-order valence-electron chi connectivity index (χ4n) is 1.16. The predicted octanol–water partition coefficient (Wildman–Crippen LogP) is 0.977. The Morgan fingerprint density at radius 3 is 2.50 bits per heavy atom. The summed E-state index contributed by atoms with van der Waals surface area (Å²) in [5.41, 5.74) is 2.20. The minimum Gasteiger partial charge on any atom is -0.318 e. The Morgan fingerprint density at radius 2 is 1.93 bits per heavy atom. The summed E-state index contributed by atoms with van der Waals surface area (Å²) in [4.78, 5) is 0. The Hall–Kier alpha value is -1.30. The highest BCUT2D eigenvalue weighted by Crippen LogP contribution is 2.02. The van der Waals surface area contributed by atoms with Gasteiger partial charge >= 0.3 is 0 Å². The van der Waals surface area contributed by atoms with Gasteiger partial charge in [-0.2, -0.15) is 0 Å². The summed E-state index contributed by atoms with van der Waals surface area (Å²) in [6.45, 7) is 2.86. The lowest BCUT2D eigenvalue weighted by molar-refractivity contribution is 0.651. The molecule has 0 fully saturated rings. The molecule has 0 unspecified atom stereocenters. The Labute approximate surface area is 85.7 Å². The van der Waals surface area contributed by atoms with Gasteiger partial charge in [-0.1, -0.05) is 18.1 Å². The highest BCUT2D eigenvalue weighted by atomic mass is 14.9. The molecule has 0 saturated carbocycles. The first-order chi connectivity index (χ1) is 6.86. The van der Waals surface area contributed by atoms with Crippen LogP contribution in [0.5, 0.6) is 0 Å². The van der Waals surface area contributed by atoms with Crippen LogP contribution in [0.3, 0.4) is 0 Å². The van der Waals surface area contributed by atoms with Gasteiger partial charge in [0, 0.05) is 25.2 Å². The fraction of sp³-hybridized carbons (Fsp3) is 0.333. The van der Waals surface area contributed by atoms with Crippen molar-refractivity contribution >= 4 is 0 Å². The molecule has 0 aliphatic rings. The molecule has 0 aromatic heterocycles. The molecule has 0 heterocycles. The van der Waals surface area contributed by atoms with E-state index in [9.17, 15) is 0 Å². The van der Waals surface area contributed by atoms with E-state index < -0.39 is 0 Å². The van der Waals surface area contributed by atoms with Crippen molar-refractivity contribution in [3.05, 3.63) is 35.4 Å². The smallest absolute Gasteiger partial charge is 0.0242 e. The quantitative estimate of drug-likeness (QED) is 0.531. The third-order valence-electron chi connectivity index (χ3n) is 2.00. The molecule has 0 spiro atoms. The van der Waals surface area contributed by atoms with Crippen LogP contribution in [0.15, 0.2) is 24.3 Å². The van der Waals surface area contributed by atoms with Gasteiger partial charge in [0.05, 0.1) is 0 Å². The second-order valence-corrected chi connectivity index (χ2v) is 3.12. The van der Waals surface area contributed by atoms with Crippen molar-refractivity contribution in [1.29, 1.82) is 0 Å². The summed E-state index contributed by atoms with van der Waals surface area (Å²) in [5.74, 6) is 2.60. The first-order valence-corrected chi connectivity index (χ1v) is 4.77. The molecule has 1 aromatic carbocycles. The first kappa shape index (κ1) is 10.8. The zero-order valence-corrected chi connectivity index (χ0v) is 8.51. The van der Waals surface area contributed by atoms with E-state index in [1.807, 2.05) is 19.2 Å². The Balaban J connectivity index is 2.33. The number of likely N-dealkylation sites (N-methyl/N-ethyl adjacent to an activating group) is 1. The van der Waals surface area contributed by atoms with Crippen LogP contribution in [0.4, 0.5) is 0 Å². The molecule has 0 atom stereocenters. The van der Waals surface area contributed by atoms with Crippen LogP contribution in [0, 0.1) is 12.3 Å². The molecule has 1 aromatic rings. The summed E-state index contributed by atoms with van der Waals surface area (Å²) in [5, 5.41) is 6.41. The van der Waals surface area contributed by atoms with Gasteiger partial charge in [0.25, 0.3) is 0 Å². The number of hydrogen-bond acceptors (Lipinski definition) is 2. The fourth-order valence-corrected chi connectivity index (χ4v) is 1.16. The van der Waals surface area contributed by atoms with E-state index in [0.717, 1.165) is 25.2 Å². The van der Waals surface area contributed by atoms with Crippen LogP contribution in [0.25, 0.3) is 0 Å². The predicted molar refractivity (Wildman–Crippen MR) is 60.0 cm³/mol. The van der Waals surface area contributed by atoms with E-state index in [1.54, 1.807) is 0 Å². The van der Waals surface area contributed by atoms with Crippen molar-refractivity contribution in [3.8, 4) is 12.3 Å². The highest BCUT2D eigenvalue weighted by Gasteiger charge is 1.91. The SMILES string of the molecule is C#Cc1ccc(CNCCNC)cc1. The highest BCUT2D eigenvalue weighted by molar-refractivity contribution is 5.34. The summed E-state index contributed by atoms with van der Waals surface area (Å²) in [6.07, 6.45) is 5.27.